The molecule has 150 valence electrons. The van der Waals surface area contributed by atoms with Crippen LogP contribution in [0.5, 0.6) is 5.75 Å². The molecule has 0 saturated heterocycles. The Balaban J connectivity index is 1.57. The smallest absolute Gasteiger partial charge is 0.294 e. The van der Waals surface area contributed by atoms with Gasteiger partial charge in [0.15, 0.2) is 11.5 Å². The quantitative estimate of drug-likeness (QED) is 0.624. The lowest BCUT2D eigenvalue weighted by Gasteiger charge is -2.30. The predicted octanol–water partition coefficient (Wildman–Crippen LogP) is 4.42. The van der Waals surface area contributed by atoms with Crippen LogP contribution in [-0.2, 0) is 16.1 Å². The zero-order chi connectivity index (χ0) is 20.9. The summed E-state index contributed by atoms with van der Waals surface area (Å²) in [5, 5.41) is 3.36. The van der Waals surface area contributed by atoms with Gasteiger partial charge in [-0.3, -0.25) is 14.5 Å². The van der Waals surface area contributed by atoms with E-state index in [9.17, 15) is 9.59 Å². The van der Waals surface area contributed by atoms with E-state index in [1.54, 1.807) is 36.4 Å². The molecule has 0 unspecified atom stereocenters. The SMILES string of the molecule is O=C(CN1C(=O)/C(=C\c2ccccc2Cl)Oc2ccccc21)NCc1ccccc1. The molecule has 1 aliphatic rings. The maximum Gasteiger partial charge on any atom is 0.294 e. The van der Waals surface area contributed by atoms with Crippen molar-refractivity contribution in [3.63, 3.8) is 0 Å². The molecule has 0 fully saturated rings. The average Bonchev–Trinajstić information content (AvgIpc) is 2.77. The van der Waals surface area contributed by atoms with Crippen LogP contribution in [0.25, 0.3) is 6.08 Å². The number of benzene rings is 3. The van der Waals surface area contributed by atoms with Gasteiger partial charge < -0.3 is 10.1 Å². The standard InChI is InChI=1S/C24H19ClN2O3/c25-19-11-5-4-10-18(19)14-22-24(29)27(20-12-6-7-13-21(20)30-22)16-23(28)26-15-17-8-2-1-3-9-17/h1-14H,15-16H2,(H,26,28)/b22-14+. The van der Waals surface area contributed by atoms with Gasteiger partial charge in [-0.15, -0.1) is 0 Å². The normalized spacial score (nSPS) is 14.2. The number of fused-ring (bicyclic) bond motifs is 1. The Bertz CT molecular complexity index is 1110. The first-order valence-corrected chi connectivity index (χ1v) is 9.85. The van der Waals surface area contributed by atoms with Crippen molar-refractivity contribution in [2.75, 3.05) is 11.4 Å². The highest BCUT2D eigenvalue weighted by molar-refractivity contribution is 6.32. The lowest BCUT2D eigenvalue weighted by Crippen LogP contribution is -2.44. The molecule has 3 aromatic rings. The molecule has 0 radical (unpaired) electrons. The fourth-order valence-electron chi connectivity index (χ4n) is 3.15. The Morgan fingerprint density at radius 1 is 0.967 bits per heavy atom. The fraction of sp³-hybridized carbons (Fsp3) is 0.0833. The van der Waals surface area contributed by atoms with Gasteiger partial charge in [0.25, 0.3) is 5.91 Å². The Hall–Kier alpha value is -3.57. The number of para-hydroxylation sites is 2. The van der Waals surface area contributed by atoms with Crippen LogP contribution < -0.4 is 15.0 Å². The number of carbonyl (C=O) groups is 2. The van der Waals surface area contributed by atoms with Gasteiger partial charge >= 0.3 is 0 Å². The van der Waals surface area contributed by atoms with Crippen molar-refractivity contribution in [2.24, 2.45) is 0 Å². The summed E-state index contributed by atoms with van der Waals surface area (Å²) in [6.45, 7) is 0.272. The molecule has 5 nitrogen and oxygen atoms in total. The molecule has 0 aliphatic carbocycles. The Morgan fingerprint density at radius 3 is 2.47 bits per heavy atom. The molecule has 0 bridgehead atoms. The van der Waals surface area contributed by atoms with Crippen LogP contribution >= 0.6 is 11.6 Å². The van der Waals surface area contributed by atoms with Crippen LogP contribution in [0.4, 0.5) is 5.69 Å². The Morgan fingerprint density at radius 2 is 1.67 bits per heavy atom. The molecule has 30 heavy (non-hydrogen) atoms. The monoisotopic (exact) mass is 418 g/mol. The summed E-state index contributed by atoms with van der Waals surface area (Å²) in [4.78, 5) is 27.1. The first-order chi connectivity index (χ1) is 14.6. The summed E-state index contributed by atoms with van der Waals surface area (Å²) < 4.78 is 5.82. The Labute approximate surface area is 179 Å². The summed E-state index contributed by atoms with van der Waals surface area (Å²) in [7, 11) is 0. The van der Waals surface area contributed by atoms with E-state index in [0.717, 1.165) is 5.56 Å². The van der Waals surface area contributed by atoms with Crippen molar-refractivity contribution in [3.8, 4) is 5.75 Å². The highest BCUT2D eigenvalue weighted by Gasteiger charge is 2.31. The molecule has 1 N–H and O–H groups in total. The number of halogens is 1. The third kappa shape index (κ3) is 4.36. The maximum absolute atomic E-state index is 13.1. The molecule has 0 saturated carbocycles. The van der Waals surface area contributed by atoms with Gasteiger partial charge in [0.1, 0.15) is 6.54 Å². The zero-order valence-electron chi connectivity index (χ0n) is 16.0. The van der Waals surface area contributed by atoms with E-state index in [0.29, 0.717) is 28.6 Å². The highest BCUT2D eigenvalue weighted by atomic mass is 35.5. The van der Waals surface area contributed by atoms with E-state index in [1.807, 2.05) is 48.5 Å². The van der Waals surface area contributed by atoms with Crippen molar-refractivity contribution in [2.45, 2.75) is 6.54 Å². The van der Waals surface area contributed by atoms with E-state index in [4.69, 9.17) is 16.3 Å². The number of carbonyl (C=O) groups excluding carboxylic acids is 2. The van der Waals surface area contributed by atoms with Crippen LogP contribution in [0.3, 0.4) is 0 Å². The summed E-state index contributed by atoms with van der Waals surface area (Å²) >= 11 is 6.22. The summed E-state index contributed by atoms with van der Waals surface area (Å²) in [6, 6.07) is 23.9. The van der Waals surface area contributed by atoms with E-state index in [1.165, 1.54) is 4.90 Å². The van der Waals surface area contributed by atoms with Gasteiger partial charge in [0.2, 0.25) is 5.91 Å². The van der Waals surface area contributed by atoms with Crippen molar-refractivity contribution in [3.05, 3.63) is 101 Å². The maximum atomic E-state index is 13.1. The third-order valence-electron chi connectivity index (χ3n) is 4.66. The summed E-state index contributed by atoms with van der Waals surface area (Å²) in [6.07, 6.45) is 1.59. The Kier molecular flexibility index (Phi) is 5.82. The van der Waals surface area contributed by atoms with Crippen molar-refractivity contribution < 1.29 is 14.3 Å². The molecular weight excluding hydrogens is 400 g/mol. The van der Waals surface area contributed by atoms with E-state index in [-0.39, 0.29) is 18.2 Å². The number of ether oxygens (including phenoxy) is 1. The summed E-state index contributed by atoms with van der Waals surface area (Å²) in [5.41, 5.74) is 2.20. The zero-order valence-corrected chi connectivity index (χ0v) is 16.8. The molecule has 0 atom stereocenters. The van der Waals surface area contributed by atoms with Gasteiger partial charge in [-0.2, -0.15) is 0 Å². The minimum atomic E-state index is -0.400. The van der Waals surface area contributed by atoms with Crippen LogP contribution in [0.2, 0.25) is 5.02 Å². The lowest BCUT2D eigenvalue weighted by atomic mass is 10.1. The highest BCUT2D eigenvalue weighted by Crippen LogP contribution is 2.35. The van der Waals surface area contributed by atoms with Gasteiger partial charge in [0.05, 0.1) is 5.69 Å². The molecule has 1 aliphatic heterocycles. The number of nitrogens with one attached hydrogen (secondary N) is 1. The van der Waals surface area contributed by atoms with Crippen molar-refractivity contribution in [1.29, 1.82) is 0 Å². The van der Waals surface area contributed by atoms with Crippen LogP contribution in [-0.4, -0.2) is 18.4 Å². The second kappa shape index (κ2) is 8.84. The predicted molar refractivity (Wildman–Crippen MR) is 117 cm³/mol. The van der Waals surface area contributed by atoms with E-state index in [2.05, 4.69) is 5.32 Å². The van der Waals surface area contributed by atoms with Crippen molar-refractivity contribution in [1.82, 2.24) is 5.32 Å². The summed E-state index contributed by atoms with van der Waals surface area (Å²) in [5.74, 6) is -0.0478. The van der Waals surface area contributed by atoms with E-state index >= 15 is 0 Å². The topological polar surface area (TPSA) is 58.6 Å². The van der Waals surface area contributed by atoms with Gasteiger partial charge in [0, 0.05) is 11.6 Å². The van der Waals surface area contributed by atoms with Gasteiger partial charge in [-0.1, -0.05) is 72.3 Å². The largest absolute Gasteiger partial charge is 0.449 e. The number of hydrogen-bond donors (Lipinski definition) is 1. The van der Waals surface area contributed by atoms with Crippen LogP contribution in [0, 0.1) is 0 Å². The van der Waals surface area contributed by atoms with Crippen molar-refractivity contribution >= 4 is 35.2 Å². The molecule has 3 aromatic carbocycles. The minimum Gasteiger partial charge on any atom is -0.449 e. The number of amides is 2. The van der Waals surface area contributed by atoms with Gasteiger partial charge in [-0.05, 0) is 35.4 Å². The molecule has 0 spiro atoms. The van der Waals surface area contributed by atoms with Crippen LogP contribution in [0.1, 0.15) is 11.1 Å². The second-order valence-electron chi connectivity index (χ2n) is 6.75. The number of hydrogen-bond acceptors (Lipinski definition) is 3. The van der Waals surface area contributed by atoms with E-state index < -0.39 is 5.91 Å². The minimum absolute atomic E-state index is 0.109. The van der Waals surface area contributed by atoms with Crippen LogP contribution in [0.15, 0.2) is 84.6 Å². The molecule has 4 rings (SSSR count). The first kappa shape index (κ1) is 19.7. The first-order valence-electron chi connectivity index (χ1n) is 9.47. The lowest BCUT2D eigenvalue weighted by molar-refractivity contribution is -0.123. The fourth-order valence-corrected chi connectivity index (χ4v) is 3.34. The molecule has 1 heterocycles. The van der Waals surface area contributed by atoms with Gasteiger partial charge in [-0.25, -0.2) is 0 Å². The third-order valence-corrected chi connectivity index (χ3v) is 5.00. The molecule has 0 aromatic heterocycles. The number of anilines is 1. The number of rotatable bonds is 5. The molecule has 2 amide bonds. The number of nitrogens with zero attached hydrogens (tertiary/aromatic N) is 1. The molecule has 6 heteroatoms. The molecular formula is C24H19ClN2O3. The average molecular weight is 419 g/mol. The second-order valence-corrected chi connectivity index (χ2v) is 7.16.